The van der Waals surface area contributed by atoms with Gasteiger partial charge in [-0.1, -0.05) is 38.1 Å². The molecule has 20 heavy (non-hydrogen) atoms. The average Bonchev–Trinajstić information content (AvgIpc) is 2.46. The minimum absolute atomic E-state index is 0. The number of benzene rings is 1. The van der Waals surface area contributed by atoms with Crippen LogP contribution in [0.2, 0.25) is 0 Å². The van der Waals surface area contributed by atoms with Gasteiger partial charge in [0.1, 0.15) is 0 Å². The molecule has 3 heteroatoms. The Hall–Kier alpha value is -0.570. The molecule has 1 fully saturated rings. The Morgan fingerprint density at radius 1 is 1.00 bits per heavy atom. The summed E-state index contributed by atoms with van der Waals surface area (Å²) in [5, 5.41) is 3.40. The highest BCUT2D eigenvalue weighted by Gasteiger charge is 2.22. The molecule has 1 unspecified atom stereocenters. The summed E-state index contributed by atoms with van der Waals surface area (Å²) in [5.74, 6) is 0.621. The molecule has 0 radical (unpaired) electrons. The number of rotatable bonds is 4. The predicted molar refractivity (Wildman–Crippen MR) is 89.8 cm³/mol. The number of halogens is 1. The third-order valence-corrected chi connectivity index (χ3v) is 4.57. The second kappa shape index (κ2) is 8.02. The summed E-state index contributed by atoms with van der Waals surface area (Å²) in [5.41, 5.74) is 2.89. The monoisotopic (exact) mass is 296 g/mol. The first-order valence-corrected chi connectivity index (χ1v) is 7.63. The van der Waals surface area contributed by atoms with E-state index in [2.05, 4.69) is 62.3 Å². The van der Waals surface area contributed by atoms with Gasteiger partial charge >= 0.3 is 0 Å². The average molecular weight is 297 g/mol. The predicted octanol–water partition coefficient (Wildman–Crippen LogP) is 3.98. The number of piperidine rings is 1. The summed E-state index contributed by atoms with van der Waals surface area (Å²) < 4.78 is 0. The van der Waals surface area contributed by atoms with Gasteiger partial charge in [0.15, 0.2) is 0 Å². The number of nitrogens with zero attached hydrogens (tertiary/aromatic N) is 1. The van der Waals surface area contributed by atoms with Gasteiger partial charge in [0.05, 0.1) is 0 Å². The van der Waals surface area contributed by atoms with Crippen molar-refractivity contribution in [1.82, 2.24) is 10.2 Å². The van der Waals surface area contributed by atoms with Gasteiger partial charge < -0.3 is 5.32 Å². The molecule has 0 amide bonds. The maximum Gasteiger partial charge on any atom is 0.0319 e. The largest absolute Gasteiger partial charge is 0.317 e. The summed E-state index contributed by atoms with van der Waals surface area (Å²) in [6, 6.07) is 10.5. The van der Waals surface area contributed by atoms with Crippen molar-refractivity contribution in [3.05, 3.63) is 35.4 Å². The second-order valence-electron chi connectivity index (χ2n) is 6.10. The Morgan fingerprint density at radius 2 is 1.50 bits per heavy atom. The minimum atomic E-state index is 0. The fourth-order valence-electron chi connectivity index (χ4n) is 2.95. The van der Waals surface area contributed by atoms with Gasteiger partial charge in [-0.05, 0) is 43.9 Å². The summed E-state index contributed by atoms with van der Waals surface area (Å²) in [6.07, 6.45) is 2.54. The SMILES string of the molecule is CNC1CCN(C(C)c2ccc(C(C)C)cc2)CC1.Cl. The van der Waals surface area contributed by atoms with Gasteiger partial charge in [0, 0.05) is 25.2 Å². The van der Waals surface area contributed by atoms with E-state index in [0.29, 0.717) is 18.0 Å². The van der Waals surface area contributed by atoms with E-state index in [0.717, 1.165) is 0 Å². The van der Waals surface area contributed by atoms with Crippen molar-refractivity contribution < 1.29 is 0 Å². The summed E-state index contributed by atoms with van der Waals surface area (Å²) in [4.78, 5) is 2.61. The number of hydrogen-bond donors (Lipinski definition) is 1. The Balaban J connectivity index is 0.00000200. The van der Waals surface area contributed by atoms with E-state index in [1.807, 2.05) is 0 Å². The van der Waals surface area contributed by atoms with Crippen LogP contribution in [0.3, 0.4) is 0 Å². The van der Waals surface area contributed by atoms with Gasteiger partial charge in [0.2, 0.25) is 0 Å². The van der Waals surface area contributed by atoms with Crippen molar-refractivity contribution in [2.24, 2.45) is 0 Å². The fraction of sp³-hybridized carbons (Fsp3) is 0.647. The number of likely N-dealkylation sites (tertiary alicyclic amines) is 1. The molecule has 0 saturated carbocycles. The van der Waals surface area contributed by atoms with Gasteiger partial charge in [-0.25, -0.2) is 0 Å². The smallest absolute Gasteiger partial charge is 0.0319 e. The van der Waals surface area contributed by atoms with E-state index in [-0.39, 0.29) is 12.4 Å². The van der Waals surface area contributed by atoms with Crippen molar-refractivity contribution in [3.8, 4) is 0 Å². The zero-order valence-electron chi connectivity index (χ0n) is 13.2. The van der Waals surface area contributed by atoms with Crippen LogP contribution in [0.1, 0.15) is 56.7 Å². The second-order valence-corrected chi connectivity index (χ2v) is 6.10. The molecule has 0 bridgehead atoms. The van der Waals surface area contributed by atoms with Crippen LogP contribution in [-0.4, -0.2) is 31.1 Å². The molecule has 1 aliphatic heterocycles. The lowest BCUT2D eigenvalue weighted by Crippen LogP contribution is -2.42. The topological polar surface area (TPSA) is 15.3 Å². The van der Waals surface area contributed by atoms with Crippen LogP contribution in [0.25, 0.3) is 0 Å². The first kappa shape index (κ1) is 17.5. The molecule has 1 saturated heterocycles. The molecule has 1 N–H and O–H groups in total. The van der Waals surface area contributed by atoms with Crippen molar-refractivity contribution in [1.29, 1.82) is 0 Å². The van der Waals surface area contributed by atoms with Crippen molar-refractivity contribution in [2.45, 2.75) is 51.6 Å². The van der Waals surface area contributed by atoms with Crippen LogP contribution in [0.4, 0.5) is 0 Å². The highest BCUT2D eigenvalue weighted by atomic mass is 35.5. The molecule has 1 atom stereocenters. The van der Waals surface area contributed by atoms with Crippen molar-refractivity contribution in [2.75, 3.05) is 20.1 Å². The maximum atomic E-state index is 3.40. The summed E-state index contributed by atoms with van der Waals surface area (Å²) in [7, 11) is 2.08. The molecule has 0 aliphatic carbocycles. The fourth-order valence-corrected chi connectivity index (χ4v) is 2.95. The maximum absolute atomic E-state index is 3.40. The van der Waals surface area contributed by atoms with Crippen molar-refractivity contribution in [3.63, 3.8) is 0 Å². The first-order chi connectivity index (χ1) is 9.11. The van der Waals surface area contributed by atoms with Gasteiger partial charge in [-0.2, -0.15) is 0 Å². The molecule has 2 rings (SSSR count). The summed E-state index contributed by atoms with van der Waals surface area (Å²) in [6.45, 7) is 9.25. The van der Waals surface area contributed by atoms with Crippen LogP contribution >= 0.6 is 12.4 Å². The third-order valence-electron chi connectivity index (χ3n) is 4.57. The highest BCUT2D eigenvalue weighted by Crippen LogP contribution is 2.25. The molecular weight excluding hydrogens is 268 g/mol. The quantitative estimate of drug-likeness (QED) is 0.904. The third kappa shape index (κ3) is 4.21. The zero-order chi connectivity index (χ0) is 13.8. The number of hydrogen-bond acceptors (Lipinski definition) is 2. The van der Waals surface area contributed by atoms with Crippen LogP contribution in [-0.2, 0) is 0 Å². The molecule has 1 aromatic rings. The van der Waals surface area contributed by atoms with Gasteiger partial charge in [-0.3, -0.25) is 4.90 Å². The lowest BCUT2D eigenvalue weighted by Gasteiger charge is -2.36. The molecule has 0 aromatic heterocycles. The van der Waals surface area contributed by atoms with E-state index in [9.17, 15) is 0 Å². The molecule has 1 aromatic carbocycles. The van der Waals surface area contributed by atoms with Crippen LogP contribution < -0.4 is 5.32 Å². The van der Waals surface area contributed by atoms with Crippen LogP contribution in [0, 0.1) is 0 Å². The van der Waals surface area contributed by atoms with E-state index in [4.69, 9.17) is 0 Å². The van der Waals surface area contributed by atoms with E-state index >= 15 is 0 Å². The van der Waals surface area contributed by atoms with E-state index in [1.165, 1.54) is 37.1 Å². The molecule has 1 heterocycles. The van der Waals surface area contributed by atoms with Crippen LogP contribution in [0.5, 0.6) is 0 Å². The van der Waals surface area contributed by atoms with Gasteiger partial charge in [-0.15, -0.1) is 12.4 Å². The normalized spacial score (nSPS) is 18.9. The lowest BCUT2D eigenvalue weighted by atomic mass is 9.97. The van der Waals surface area contributed by atoms with Crippen molar-refractivity contribution >= 4 is 12.4 Å². The molecular formula is C17H29ClN2. The zero-order valence-corrected chi connectivity index (χ0v) is 14.0. The van der Waals surface area contributed by atoms with E-state index in [1.54, 1.807) is 0 Å². The lowest BCUT2D eigenvalue weighted by molar-refractivity contribution is 0.155. The molecule has 0 spiro atoms. The first-order valence-electron chi connectivity index (χ1n) is 7.63. The van der Waals surface area contributed by atoms with Crippen LogP contribution in [0.15, 0.2) is 24.3 Å². The Labute approximate surface area is 130 Å². The van der Waals surface area contributed by atoms with Gasteiger partial charge in [0.25, 0.3) is 0 Å². The minimum Gasteiger partial charge on any atom is -0.317 e. The Morgan fingerprint density at radius 3 is 1.95 bits per heavy atom. The summed E-state index contributed by atoms with van der Waals surface area (Å²) >= 11 is 0. The molecule has 2 nitrogen and oxygen atoms in total. The standard InChI is InChI=1S/C17H28N2.ClH/c1-13(2)15-5-7-16(8-6-15)14(3)19-11-9-17(18-4)10-12-19;/h5-8,13-14,17-18H,9-12H2,1-4H3;1H. The molecule has 1 aliphatic rings. The highest BCUT2D eigenvalue weighted by molar-refractivity contribution is 5.85. The number of nitrogens with one attached hydrogen (secondary N) is 1. The molecule has 114 valence electrons. The Bertz CT molecular complexity index is 380. The Kier molecular flexibility index (Phi) is 7.01. The van der Waals surface area contributed by atoms with E-state index < -0.39 is 0 Å².